The number of carbonyl (C=O) groups is 1. The first-order valence-corrected chi connectivity index (χ1v) is 16.5. The molecular weight excluding hydrogens is 618 g/mol. The number of imidazole rings is 1. The quantitative estimate of drug-likeness (QED) is 0.115. The molecule has 4 atom stereocenters. The summed E-state index contributed by atoms with van der Waals surface area (Å²) in [5.41, 5.74) is 2.98. The highest BCUT2D eigenvalue weighted by Gasteiger charge is 2.46. The largest absolute Gasteiger partial charge is 0.394 e. The van der Waals surface area contributed by atoms with E-state index in [9.17, 15) is 19.8 Å². The summed E-state index contributed by atoms with van der Waals surface area (Å²) in [6.45, 7) is 3.24. The summed E-state index contributed by atoms with van der Waals surface area (Å²) in [6.07, 6.45) is -2.60. The summed E-state index contributed by atoms with van der Waals surface area (Å²) in [5, 5.41) is 23.8. The van der Waals surface area contributed by atoms with Crippen LogP contribution >= 0.6 is 11.8 Å². The van der Waals surface area contributed by atoms with Gasteiger partial charge in [-0.2, -0.15) is 4.98 Å². The number of aromatic amines is 1. The van der Waals surface area contributed by atoms with Crippen LogP contribution in [0.25, 0.3) is 11.2 Å². The van der Waals surface area contributed by atoms with Gasteiger partial charge in [0, 0.05) is 11.7 Å². The molecule has 2 aromatic heterocycles. The summed E-state index contributed by atoms with van der Waals surface area (Å²) in [6, 6.07) is 31.0. The standard InChI is InChI=1S/C35H37N5O6S/c1-22(2)31(43)38-34-37-30-27(32(44)39-34)36-21-40(30)33-29(28(42)26(20-41)46-33)45-18-19-47-35(23-12-6-3-7-13-23,24-14-8-4-9-15-24)25-16-10-5-11-17-25/h3-17,21-22,26,28-29,33,41-42H,18-20H2,1-2H3,(H2,37,38,39,43,44)/t26-,28-,29-,33-/m1/s1. The lowest BCUT2D eigenvalue weighted by molar-refractivity contribution is -0.118. The van der Waals surface area contributed by atoms with Crippen LogP contribution in [-0.2, 0) is 19.0 Å². The number of ether oxygens (including phenoxy) is 2. The molecule has 12 heteroatoms. The number of H-pyrrole nitrogens is 1. The third-order valence-electron chi connectivity index (χ3n) is 8.22. The van der Waals surface area contributed by atoms with Gasteiger partial charge in [-0.3, -0.25) is 24.5 Å². The second kappa shape index (κ2) is 14.2. The average molecular weight is 656 g/mol. The Morgan fingerprint density at radius 3 is 2.13 bits per heavy atom. The zero-order valence-electron chi connectivity index (χ0n) is 26.0. The van der Waals surface area contributed by atoms with Crippen molar-refractivity contribution in [2.75, 3.05) is 24.3 Å². The van der Waals surface area contributed by atoms with Crippen LogP contribution in [0.3, 0.4) is 0 Å². The third kappa shape index (κ3) is 6.47. The Balaban J connectivity index is 1.28. The van der Waals surface area contributed by atoms with Crippen molar-refractivity contribution in [3.8, 4) is 0 Å². The van der Waals surface area contributed by atoms with Crippen molar-refractivity contribution in [2.45, 2.75) is 43.1 Å². The molecule has 47 heavy (non-hydrogen) atoms. The van der Waals surface area contributed by atoms with Gasteiger partial charge in [0.15, 0.2) is 17.4 Å². The molecule has 4 N–H and O–H groups in total. The van der Waals surface area contributed by atoms with E-state index in [2.05, 4.69) is 56.7 Å². The summed E-state index contributed by atoms with van der Waals surface area (Å²) in [7, 11) is 0. The Hall–Kier alpha value is -4.33. The molecule has 0 aliphatic carbocycles. The second-order valence-corrected chi connectivity index (χ2v) is 12.9. The monoisotopic (exact) mass is 655 g/mol. The molecule has 0 unspecified atom stereocenters. The number of thioether (sulfide) groups is 1. The van der Waals surface area contributed by atoms with Crippen LogP contribution in [0.5, 0.6) is 0 Å². The number of amides is 1. The lowest BCUT2D eigenvalue weighted by Crippen LogP contribution is -2.36. The van der Waals surface area contributed by atoms with Gasteiger partial charge in [0.25, 0.3) is 5.56 Å². The van der Waals surface area contributed by atoms with Gasteiger partial charge >= 0.3 is 0 Å². The normalized spacial score (nSPS) is 19.8. The van der Waals surface area contributed by atoms with E-state index in [-0.39, 0.29) is 35.5 Å². The van der Waals surface area contributed by atoms with Gasteiger partial charge in [0.1, 0.15) is 18.3 Å². The molecule has 5 aromatic rings. The number of aromatic nitrogens is 4. The molecule has 244 valence electrons. The molecule has 0 saturated carbocycles. The minimum Gasteiger partial charge on any atom is -0.394 e. The molecule has 6 rings (SSSR count). The topological polar surface area (TPSA) is 152 Å². The van der Waals surface area contributed by atoms with Crippen molar-refractivity contribution < 1.29 is 24.5 Å². The molecule has 1 aliphatic rings. The predicted octanol–water partition coefficient (Wildman–Crippen LogP) is 4.08. The van der Waals surface area contributed by atoms with E-state index in [1.54, 1.807) is 25.6 Å². The van der Waals surface area contributed by atoms with Crippen LogP contribution in [0.2, 0.25) is 0 Å². The number of benzene rings is 3. The number of aliphatic hydroxyl groups is 2. The second-order valence-electron chi connectivity index (χ2n) is 11.6. The van der Waals surface area contributed by atoms with E-state index in [4.69, 9.17) is 9.47 Å². The smallest absolute Gasteiger partial charge is 0.280 e. The Morgan fingerprint density at radius 1 is 1.02 bits per heavy atom. The van der Waals surface area contributed by atoms with Gasteiger partial charge in [0.05, 0.1) is 24.3 Å². The summed E-state index contributed by atoms with van der Waals surface area (Å²) < 4.78 is 13.3. The summed E-state index contributed by atoms with van der Waals surface area (Å²) >= 11 is 1.72. The SMILES string of the molecule is CC(C)C(=O)Nc1nc2c(ncn2[C@@H]2O[C@H](CO)[C@@H](O)[C@H]2OCCSC(c2ccccc2)(c2ccccc2)c2ccccc2)c(=O)[nH]1. The first-order valence-electron chi connectivity index (χ1n) is 15.5. The summed E-state index contributed by atoms with van der Waals surface area (Å²) in [4.78, 5) is 36.3. The maximum Gasteiger partial charge on any atom is 0.280 e. The molecule has 3 heterocycles. The van der Waals surface area contributed by atoms with Crippen molar-refractivity contribution in [2.24, 2.45) is 5.92 Å². The third-order valence-corrected chi connectivity index (χ3v) is 9.73. The minimum atomic E-state index is -1.17. The number of carbonyl (C=O) groups excluding carboxylic acids is 1. The number of nitrogens with zero attached hydrogens (tertiary/aromatic N) is 3. The fourth-order valence-corrected chi connectivity index (χ4v) is 7.25. The maximum atomic E-state index is 12.8. The fraction of sp³-hybridized carbons (Fsp3) is 0.314. The van der Waals surface area contributed by atoms with E-state index < -0.39 is 41.5 Å². The van der Waals surface area contributed by atoms with Crippen molar-refractivity contribution >= 4 is 34.8 Å². The Labute approximate surface area is 276 Å². The van der Waals surface area contributed by atoms with Gasteiger partial charge in [-0.25, -0.2) is 4.98 Å². The molecule has 1 aliphatic heterocycles. The number of fused-ring (bicyclic) bond motifs is 1. The van der Waals surface area contributed by atoms with Crippen LogP contribution in [0.15, 0.2) is 102 Å². The van der Waals surface area contributed by atoms with Gasteiger partial charge in [0.2, 0.25) is 11.9 Å². The predicted molar refractivity (Wildman–Crippen MR) is 180 cm³/mol. The highest BCUT2D eigenvalue weighted by Crippen LogP contribution is 2.48. The van der Waals surface area contributed by atoms with Crippen molar-refractivity contribution in [1.29, 1.82) is 0 Å². The van der Waals surface area contributed by atoms with Crippen LogP contribution in [0.4, 0.5) is 5.95 Å². The minimum absolute atomic E-state index is 0.0331. The highest BCUT2D eigenvalue weighted by atomic mass is 32.2. The van der Waals surface area contributed by atoms with Gasteiger partial charge in [-0.05, 0) is 16.7 Å². The molecular formula is C35H37N5O6S. The van der Waals surface area contributed by atoms with Crippen LogP contribution in [0, 0.1) is 5.92 Å². The van der Waals surface area contributed by atoms with Crippen LogP contribution in [0.1, 0.15) is 36.8 Å². The zero-order valence-corrected chi connectivity index (χ0v) is 26.8. The van der Waals surface area contributed by atoms with Crippen molar-refractivity contribution in [1.82, 2.24) is 19.5 Å². The number of aliphatic hydroxyl groups excluding tert-OH is 2. The van der Waals surface area contributed by atoms with E-state index in [1.165, 1.54) is 10.9 Å². The number of hydrogen-bond donors (Lipinski definition) is 4. The van der Waals surface area contributed by atoms with Crippen LogP contribution < -0.4 is 10.9 Å². The number of nitrogens with one attached hydrogen (secondary N) is 2. The van der Waals surface area contributed by atoms with Crippen molar-refractivity contribution in [3.05, 3.63) is 124 Å². The average Bonchev–Trinajstić information content (AvgIpc) is 3.66. The number of rotatable bonds is 12. The van der Waals surface area contributed by atoms with E-state index >= 15 is 0 Å². The van der Waals surface area contributed by atoms with Crippen molar-refractivity contribution in [3.63, 3.8) is 0 Å². The molecule has 0 radical (unpaired) electrons. The molecule has 1 amide bonds. The maximum absolute atomic E-state index is 12.8. The first kappa shape index (κ1) is 32.6. The Morgan fingerprint density at radius 2 is 1.60 bits per heavy atom. The summed E-state index contributed by atoms with van der Waals surface area (Å²) in [5.74, 6) is -0.151. The van der Waals surface area contributed by atoms with Gasteiger partial charge in [-0.1, -0.05) is 105 Å². The van der Waals surface area contributed by atoms with Gasteiger partial charge < -0.3 is 19.7 Å². The number of anilines is 1. The molecule has 1 fully saturated rings. The van der Waals surface area contributed by atoms with E-state index in [1.807, 2.05) is 54.6 Å². The van der Waals surface area contributed by atoms with Crippen LogP contribution in [-0.4, -0.2) is 72.9 Å². The van der Waals surface area contributed by atoms with E-state index in [0.29, 0.717) is 5.75 Å². The number of hydrogen-bond acceptors (Lipinski definition) is 9. The van der Waals surface area contributed by atoms with E-state index in [0.717, 1.165) is 16.7 Å². The lowest BCUT2D eigenvalue weighted by atomic mass is 9.84. The molecule has 0 bridgehead atoms. The molecule has 11 nitrogen and oxygen atoms in total. The molecule has 1 saturated heterocycles. The zero-order chi connectivity index (χ0) is 33.0. The first-order chi connectivity index (χ1) is 22.8. The molecule has 0 spiro atoms. The lowest BCUT2D eigenvalue weighted by Gasteiger charge is -2.35. The van der Waals surface area contributed by atoms with Gasteiger partial charge in [-0.15, -0.1) is 11.8 Å². The molecule has 3 aromatic carbocycles. The Kier molecular flexibility index (Phi) is 9.85. The highest BCUT2D eigenvalue weighted by molar-refractivity contribution is 8.00. The fourth-order valence-electron chi connectivity index (χ4n) is 5.85. The Bertz CT molecular complexity index is 1750.